The molecule has 0 spiro atoms. The Morgan fingerprint density at radius 2 is 2.05 bits per heavy atom. The Morgan fingerprint density at radius 3 is 2.71 bits per heavy atom. The number of rotatable bonds is 6. The van der Waals surface area contributed by atoms with E-state index in [0.717, 1.165) is 30.0 Å². The summed E-state index contributed by atoms with van der Waals surface area (Å²) in [5, 5.41) is 3.08. The van der Waals surface area contributed by atoms with E-state index in [9.17, 15) is 4.79 Å². The fourth-order valence-electron chi connectivity index (χ4n) is 2.62. The third-order valence-electron chi connectivity index (χ3n) is 3.62. The lowest BCUT2D eigenvalue weighted by molar-refractivity contribution is -0.121. The van der Waals surface area contributed by atoms with Crippen LogP contribution in [0.25, 0.3) is 0 Å². The smallest absolute Gasteiger partial charge is 0.244 e. The van der Waals surface area contributed by atoms with E-state index in [1.807, 2.05) is 39.1 Å². The van der Waals surface area contributed by atoms with Crippen molar-refractivity contribution in [3.05, 3.63) is 18.2 Å². The predicted octanol–water partition coefficient (Wildman–Crippen LogP) is 2.20. The number of nitrogens with zero attached hydrogens (tertiary/aromatic N) is 1. The van der Waals surface area contributed by atoms with Crippen LogP contribution in [0.5, 0.6) is 11.5 Å². The Morgan fingerprint density at radius 1 is 1.29 bits per heavy atom. The molecule has 1 heterocycles. The second kappa shape index (κ2) is 7.31. The average Bonchev–Trinajstić information content (AvgIpc) is 2.50. The van der Waals surface area contributed by atoms with Crippen molar-refractivity contribution in [3.8, 4) is 11.5 Å². The first-order valence-corrected chi connectivity index (χ1v) is 7.59. The number of likely N-dealkylation sites (N-methyl/N-ethyl adjacent to an activating group) is 1. The summed E-state index contributed by atoms with van der Waals surface area (Å²) in [5.41, 5.74) is 0.799. The minimum atomic E-state index is -0.121. The summed E-state index contributed by atoms with van der Waals surface area (Å²) in [5.74, 6) is 1.58. The Balaban J connectivity index is 2.34. The molecule has 1 amide bonds. The van der Waals surface area contributed by atoms with Gasteiger partial charge < -0.3 is 19.7 Å². The quantitative estimate of drug-likeness (QED) is 0.873. The summed E-state index contributed by atoms with van der Waals surface area (Å²) in [7, 11) is 1.83. The number of carbonyl (C=O) groups excluding carboxylic acids is 1. The molecule has 0 saturated carbocycles. The molecule has 1 aromatic carbocycles. The number of ether oxygens (including phenoxy) is 2. The highest BCUT2D eigenvalue weighted by Crippen LogP contribution is 2.34. The van der Waals surface area contributed by atoms with E-state index in [2.05, 4.69) is 5.32 Å². The van der Waals surface area contributed by atoms with Crippen molar-refractivity contribution in [2.45, 2.75) is 32.7 Å². The highest BCUT2D eigenvalue weighted by molar-refractivity contribution is 5.99. The van der Waals surface area contributed by atoms with Crippen molar-refractivity contribution >= 4 is 11.6 Å². The summed E-state index contributed by atoms with van der Waals surface area (Å²) in [6.07, 6.45) is 1.85. The average molecular weight is 292 g/mol. The van der Waals surface area contributed by atoms with Crippen molar-refractivity contribution in [1.29, 1.82) is 0 Å². The first-order valence-electron chi connectivity index (χ1n) is 7.59. The second-order valence-corrected chi connectivity index (χ2v) is 4.97. The molecule has 0 bridgehead atoms. The third-order valence-corrected chi connectivity index (χ3v) is 3.62. The molecule has 0 aliphatic carbocycles. The summed E-state index contributed by atoms with van der Waals surface area (Å²) in [6.45, 7) is 5.76. The number of hydrogen-bond acceptors (Lipinski definition) is 4. The maximum atomic E-state index is 12.5. The molecule has 1 saturated heterocycles. The van der Waals surface area contributed by atoms with Gasteiger partial charge in [0.1, 0.15) is 11.5 Å². The van der Waals surface area contributed by atoms with E-state index >= 15 is 0 Å². The molecule has 1 aliphatic rings. The van der Waals surface area contributed by atoms with Crippen molar-refractivity contribution in [1.82, 2.24) is 5.32 Å². The Hall–Kier alpha value is -1.75. The van der Waals surface area contributed by atoms with Gasteiger partial charge in [-0.3, -0.25) is 4.79 Å². The number of carbonyl (C=O) groups is 1. The Kier molecular flexibility index (Phi) is 5.44. The standard InChI is InChI=1S/C16H24N2O3/c1-4-20-12-8-9-15(21-5-2)14(11-12)18-10-6-7-13(17-3)16(18)19/h8-9,11,13,17H,4-7,10H2,1-3H3. The van der Waals surface area contributed by atoms with Crippen molar-refractivity contribution in [2.24, 2.45) is 0 Å². The van der Waals surface area contributed by atoms with E-state index in [4.69, 9.17) is 9.47 Å². The minimum Gasteiger partial charge on any atom is -0.494 e. The van der Waals surface area contributed by atoms with Gasteiger partial charge in [0.05, 0.1) is 24.9 Å². The molecule has 5 nitrogen and oxygen atoms in total. The van der Waals surface area contributed by atoms with Crippen LogP contribution in [0.2, 0.25) is 0 Å². The van der Waals surface area contributed by atoms with Gasteiger partial charge in [0.15, 0.2) is 0 Å². The molecule has 1 atom stereocenters. The number of hydrogen-bond donors (Lipinski definition) is 1. The van der Waals surface area contributed by atoms with E-state index < -0.39 is 0 Å². The number of nitrogens with one attached hydrogen (secondary N) is 1. The second-order valence-electron chi connectivity index (χ2n) is 4.97. The van der Waals surface area contributed by atoms with Gasteiger partial charge in [-0.15, -0.1) is 0 Å². The lowest BCUT2D eigenvalue weighted by Crippen LogP contribution is -2.49. The van der Waals surface area contributed by atoms with E-state index in [0.29, 0.717) is 19.8 Å². The lowest BCUT2D eigenvalue weighted by atomic mass is 10.0. The monoisotopic (exact) mass is 292 g/mol. The topological polar surface area (TPSA) is 50.8 Å². The Labute approximate surface area is 126 Å². The van der Waals surface area contributed by atoms with Crippen LogP contribution in [0.1, 0.15) is 26.7 Å². The zero-order valence-corrected chi connectivity index (χ0v) is 13.0. The summed E-state index contributed by atoms with van der Waals surface area (Å²) in [6, 6.07) is 5.52. The maximum Gasteiger partial charge on any atom is 0.244 e. The highest BCUT2D eigenvalue weighted by Gasteiger charge is 2.30. The van der Waals surface area contributed by atoms with Crippen LogP contribution >= 0.6 is 0 Å². The summed E-state index contributed by atoms with van der Waals surface area (Å²) in [4.78, 5) is 14.4. The number of benzene rings is 1. The van der Waals surface area contributed by atoms with Gasteiger partial charge in [-0.05, 0) is 45.9 Å². The third kappa shape index (κ3) is 3.47. The molecule has 1 fully saturated rings. The zero-order chi connectivity index (χ0) is 15.2. The van der Waals surface area contributed by atoms with Gasteiger partial charge in [-0.25, -0.2) is 0 Å². The van der Waals surface area contributed by atoms with E-state index in [1.54, 1.807) is 4.90 Å². The maximum absolute atomic E-state index is 12.5. The van der Waals surface area contributed by atoms with Crippen LogP contribution in [0.4, 0.5) is 5.69 Å². The lowest BCUT2D eigenvalue weighted by Gasteiger charge is -2.33. The SMILES string of the molecule is CCOc1ccc(OCC)c(N2CCCC(NC)C2=O)c1. The van der Waals surface area contributed by atoms with Gasteiger partial charge in [0, 0.05) is 12.6 Å². The van der Waals surface area contributed by atoms with Crippen molar-refractivity contribution in [3.63, 3.8) is 0 Å². The van der Waals surface area contributed by atoms with Crippen LogP contribution in [0.15, 0.2) is 18.2 Å². The number of anilines is 1. The molecule has 1 N–H and O–H groups in total. The predicted molar refractivity (Wildman–Crippen MR) is 83.2 cm³/mol. The number of piperidine rings is 1. The molecule has 0 radical (unpaired) electrons. The van der Waals surface area contributed by atoms with Crippen LogP contribution in [-0.2, 0) is 4.79 Å². The minimum absolute atomic E-state index is 0.0957. The first-order chi connectivity index (χ1) is 10.2. The zero-order valence-electron chi connectivity index (χ0n) is 13.0. The molecule has 21 heavy (non-hydrogen) atoms. The Bertz CT molecular complexity index is 490. The molecule has 1 aromatic rings. The van der Waals surface area contributed by atoms with Crippen LogP contribution < -0.4 is 19.7 Å². The van der Waals surface area contributed by atoms with Crippen LogP contribution in [-0.4, -0.2) is 38.8 Å². The van der Waals surface area contributed by atoms with Gasteiger partial charge in [-0.1, -0.05) is 0 Å². The van der Waals surface area contributed by atoms with E-state index in [-0.39, 0.29) is 11.9 Å². The molecule has 1 aliphatic heterocycles. The molecule has 116 valence electrons. The normalized spacial score (nSPS) is 18.7. The first kappa shape index (κ1) is 15.6. The molecule has 5 heteroatoms. The molecular formula is C16H24N2O3. The van der Waals surface area contributed by atoms with Gasteiger partial charge >= 0.3 is 0 Å². The van der Waals surface area contributed by atoms with Gasteiger partial charge in [0.25, 0.3) is 0 Å². The van der Waals surface area contributed by atoms with Crippen molar-refractivity contribution < 1.29 is 14.3 Å². The number of amides is 1. The summed E-state index contributed by atoms with van der Waals surface area (Å²) < 4.78 is 11.2. The fourth-order valence-corrected chi connectivity index (χ4v) is 2.62. The van der Waals surface area contributed by atoms with E-state index in [1.165, 1.54) is 0 Å². The van der Waals surface area contributed by atoms with Crippen molar-refractivity contribution in [2.75, 3.05) is 31.7 Å². The molecule has 2 rings (SSSR count). The molecular weight excluding hydrogens is 268 g/mol. The van der Waals surface area contributed by atoms with Gasteiger partial charge in [0.2, 0.25) is 5.91 Å². The summed E-state index contributed by atoms with van der Waals surface area (Å²) >= 11 is 0. The molecule has 1 unspecified atom stereocenters. The van der Waals surface area contributed by atoms with Crippen LogP contribution in [0.3, 0.4) is 0 Å². The molecule has 0 aromatic heterocycles. The van der Waals surface area contributed by atoms with Gasteiger partial charge in [-0.2, -0.15) is 0 Å². The van der Waals surface area contributed by atoms with Crippen LogP contribution in [0, 0.1) is 0 Å². The largest absolute Gasteiger partial charge is 0.494 e. The fraction of sp³-hybridized carbons (Fsp3) is 0.562. The highest BCUT2D eigenvalue weighted by atomic mass is 16.5.